The number of hydrogen-bond acceptors (Lipinski definition) is 5. The van der Waals surface area contributed by atoms with Crippen LogP contribution in [0.15, 0.2) is 60.7 Å². The van der Waals surface area contributed by atoms with Gasteiger partial charge in [0, 0.05) is 30.9 Å². The van der Waals surface area contributed by atoms with Crippen LogP contribution in [0.5, 0.6) is 0 Å². The number of hydrogen-bond donors (Lipinski definition) is 3. The lowest BCUT2D eigenvalue weighted by atomic mass is 10.0. The Hall–Kier alpha value is -3.14. The molecular formula is C24H29N5O3S. The maximum absolute atomic E-state index is 12.2. The Bertz CT molecular complexity index is 1260. The van der Waals surface area contributed by atoms with Crippen LogP contribution in [0.4, 0.5) is 11.4 Å². The monoisotopic (exact) mass is 467 g/mol. The number of amidine groups is 1. The molecule has 0 amide bonds. The molecule has 1 fully saturated rings. The summed E-state index contributed by atoms with van der Waals surface area (Å²) in [5.41, 5.74) is 8.33. The summed E-state index contributed by atoms with van der Waals surface area (Å²) in [6.07, 6.45) is 1.07. The molecule has 4 N–H and O–H groups in total. The van der Waals surface area contributed by atoms with E-state index in [4.69, 9.17) is 11.1 Å². The van der Waals surface area contributed by atoms with Gasteiger partial charge in [0.05, 0.1) is 12.2 Å². The molecule has 0 aliphatic carbocycles. The van der Waals surface area contributed by atoms with Gasteiger partial charge in [-0.1, -0.05) is 24.3 Å². The van der Waals surface area contributed by atoms with Crippen LogP contribution >= 0.6 is 0 Å². The molecule has 0 spiro atoms. The molecule has 1 saturated heterocycles. The predicted octanol–water partition coefficient (Wildman–Crippen LogP) is 3.08. The average Bonchev–Trinajstić information content (AvgIpc) is 3.00. The van der Waals surface area contributed by atoms with E-state index in [2.05, 4.69) is 16.8 Å². The molecule has 1 aliphatic rings. The summed E-state index contributed by atoms with van der Waals surface area (Å²) in [6, 6.07) is 18.3. The number of likely N-dealkylation sites (N-methyl/N-ethyl adjacent to an activating group) is 1. The first-order valence-corrected chi connectivity index (χ1v) is 12.3. The largest absolute Gasteiger partial charge is 0.384 e. The highest BCUT2D eigenvalue weighted by molar-refractivity contribution is 7.87. The van der Waals surface area contributed by atoms with Gasteiger partial charge in [0.2, 0.25) is 0 Å². The summed E-state index contributed by atoms with van der Waals surface area (Å²) in [5.74, 6) is -0.0296. The maximum atomic E-state index is 12.2. The van der Waals surface area contributed by atoms with Gasteiger partial charge in [-0.25, -0.2) is 4.31 Å². The Balaban J connectivity index is 1.59. The fourth-order valence-corrected chi connectivity index (χ4v) is 4.87. The number of nitrogens with two attached hydrogens (primary N) is 1. The SMILES string of the molecule is CN1CCCN(c2ccc(N(Cc3ccc4ccc(C(=N)N)cc4c3)S(=O)(=O)O)cc2)CC1. The number of nitrogens with zero attached hydrogens (tertiary/aromatic N) is 3. The number of fused-ring (bicyclic) bond motifs is 1. The van der Waals surface area contributed by atoms with E-state index in [0.29, 0.717) is 16.8 Å². The van der Waals surface area contributed by atoms with Crippen molar-refractivity contribution in [3.8, 4) is 0 Å². The van der Waals surface area contributed by atoms with Crippen molar-refractivity contribution in [2.45, 2.75) is 13.0 Å². The van der Waals surface area contributed by atoms with Crippen LogP contribution in [-0.4, -0.2) is 56.9 Å². The molecule has 0 atom stereocenters. The van der Waals surface area contributed by atoms with E-state index in [1.54, 1.807) is 24.3 Å². The van der Waals surface area contributed by atoms with Crippen molar-refractivity contribution < 1.29 is 13.0 Å². The van der Waals surface area contributed by atoms with Crippen molar-refractivity contribution in [2.24, 2.45) is 5.73 Å². The Morgan fingerprint density at radius 3 is 2.42 bits per heavy atom. The van der Waals surface area contributed by atoms with Crippen LogP contribution in [0.1, 0.15) is 17.5 Å². The smallest absolute Gasteiger partial charge is 0.360 e. The second-order valence-corrected chi connectivity index (χ2v) is 9.79. The van der Waals surface area contributed by atoms with Crippen molar-refractivity contribution in [1.82, 2.24) is 4.90 Å². The average molecular weight is 468 g/mol. The van der Waals surface area contributed by atoms with E-state index in [1.807, 2.05) is 36.4 Å². The molecule has 4 rings (SSSR count). The lowest BCUT2D eigenvalue weighted by molar-refractivity contribution is 0.360. The number of benzene rings is 3. The van der Waals surface area contributed by atoms with Crippen molar-refractivity contribution in [3.63, 3.8) is 0 Å². The highest BCUT2D eigenvalue weighted by Crippen LogP contribution is 2.26. The van der Waals surface area contributed by atoms with E-state index >= 15 is 0 Å². The summed E-state index contributed by atoms with van der Waals surface area (Å²) in [7, 11) is -2.37. The van der Waals surface area contributed by atoms with Gasteiger partial charge in [0.25, 0.3) is 0 Å². The third kappa shape index (κ3) is 5.44. The first-order valence-electron chi connectivity index (χ1n) is 10.9. The van der Waals surface area contributed by atoms with Gasteiger partial charge in [-0.05, 0) is 72.7 Å². The van der Waals surface area contributed by atoms with Gasteiger partial charge >= 0.3 is 10.3 Å². The third-order valence-corrected chi connectivity index (χ3v) is 6.94. The van der Waals surface area contributed by atoms with Crippen LogP contribution in [0.25, 0.3) is 10.8 Å². The molecule has 0 bridgehead atoms. The Morgan fingerprint density at radius 1 is 1.00 bits per heavy atom. The predicted molar refractivity (Wildman–Crippen MR) is 133 cm³/mol. The normalized spacial score (nSPS) is 15.4. The highest BCUT2D eigenvalue weighted by atomic mass is 32.2. The molecule has 174 valence electrons. The van der Waals surface area contributed by atoms with Gasteiger partial charge < -0.3 is 15.5 Å². The minimum atomic E-state index is -4.48. The zero-order chi connectivity index (χ0) is 23.6. The molecule has 0 saturated carbocycles. The summed E-state index contributed by atoms with van der Waals surface area (Å²) in [4.78, 5) is 4.60. The molecule has 0 radical (unpaired) electrons. The summed E-state index contributed by atoms with van der Waals surface area (Å²) >= 11 is 0. The van der Waals surface area contributed by atoms with Crippen LogP contribution < -0.4 is 14.9 Å². The van der Waals surface area contributed by atoms with Crippen molar-refractivity contribution in [2.75, 3.05) is 42.4 Å². The Labute approximate surface area is 194 Å². The zero-order valence-electron chi connectivity index (χ0n) is 18.6. The summed E-state index contributed by atoms with van der Waals surface area (Å²) in [5, 5.41) is 9.43. The standard InChI is InChI=1S/C24H29N5O3S/c1-27-11-2-12-28(14-13-27)22-7-9-23(10-8-22)29(33(30,31)32)17-18-3-4-19-5-6-20(24(25)26)16-21(19)15-18/h3-10,15-16H,2,11-14,17H2,1H3,(H3,25,26)(H,30,31,32). The summed E-state index contributed by atoms with van der Waals surface area (Å²) < 4.78 is 35.4. The minimum absolute atomic E-state index is 0.0209. The van der Waals surface area contributed by atoms with Crippen molar-refractivity contribution in [3.05, 3.63) is 71.8 Å². The molecule has 3 aromatic carbocycles. The van der Waals surface area contributed by atoms with Crippen LogP contribution in [0.2, 0.25) is 0 Å². The molecular weight excluding hydrogens is 438 g/mol. The third-order valence-electron chi connectivity index (χ3n) is 6.04. The van der Waals surface area contributed by atoms with Crippen LogP contribution in [0, 0.1) is 5.41 Å². The topological polar surface area (TPSA) is 114 Å². The maximum Gasteiger partial charge on any atom is 0.360 e. The van der Waals surface area contributed by atoms with Crippen molar-refractivity contribution >= 4 is 38.3 Å². The zero-order valence-corrected chi connectivity index (χ0v) is 19.4. The fraction of sp³-hybridized carbons (Fsp3) is 0.292. The van der Waals surface area contributed by atoms with E-state index in [-0.39, 0.29) is 12.4 Å². The molecule has 9 heteroatoms. The Kier molecular flexibility index (Phi) is 6.55. The molecule has 0 unspecified atom stereocenters. The minimum Gasteiger partial charge on any atom is -0.384 e. The molecule has 8 nitrogen and oxygen atoms in total. The second-order valence-electron chi connectivity index (χ2n) is 8.45. The van der Waals surface area contributed by atoms with Gasteiger partial charge in [-0.2, -0.15) is 8.42 Å². The van der Waals surface area contributed by atoms with E-state index in [9.17, 15) is 13.0 Å². The second kappa shape index (κ2) is 9.38. The molecule has 1 aliphatic heterocycles. The Morgan fingerprint density at radius 2 is 1.73 bits per heavy atom. The number of nitrogen functional groups attached to an aromatic ring is 1. The first-order chi connectivity index (χ1) is 15.7. The number of anilines is 2. The van der Waals surface area contributed by atoms with Crippen molar-refractivity contribution in [1.29, 1.82) is 5.41 Å². The van der Waals surface area contributed by atoms with Gasteiger partial charge in [0.15, 0.2) is 0 Å². The van der Waals surface area contributed by atoms with E-state index < -0.39 is 10.3 Å². The lowest BCUT2D eigenvalue weighted by Gasteiger charge is -2.25. The lowest BCUT2D eigenvalue weighted by Crippen LogP contribution is -2.30. The number of nitrogens with one attached hydrogen (secondary N) is 1. The van der Waals surface area contributed by atoms with Gasteiger partial charge in [-0.15, -0.1) is 0 Å². The van der Waals surface area contributed by atoms with Crippen LogP contribution in [0.3, 0.4) is 0 Å². The molecule has 1 heterocycles. The first kappa shape index (κ1) is 23.0. The van der Waals surface area contributed by atoms with E-state index in [0.717, 1.165) is 53.4 Å². The van der Waals surface area contributed by atoms with Gasteiger partial charge in [0.1, 0.15) is 5.84 Å². The molecule has 3 aromatic rings. The highest BCUT2D eigenvalue weighted by Gasteiger charge is 2.21. The van der Waals surface area contributed by atoms with E-state index in [1.165, 1.54) is 0 Å². The molecule has 0 aromatic heterocycles. The quantitative estimate of drug-likeness (QED) is 0.292. The van der Waals surface area contributed by atoms with Crippen LogP contribution in [-0.2, 0) is 16.8 Å². The summed E-state index contributed by atoms with van der Waals surface area (Å²) in [6.45, 7) is 3.88. The number of rotatable bonds is 6. The van der Waals surface area contributed by atoms with Gasteiger partial charge in [-0.3, -0.25) is 9.96 Å². The fourth-order valence-electron chi connectivity index (χ4n) is 4.17. The molecule has 33 heavy (non-hydrogen) atoms.